The highest BCUT2D eigenvalue weighted by Gasteiger charge is 2.10. The van der Waals surface area contributed by atoms with Gasteiger partial charge in [0.25, 0.3) is 0 Å². The van der Waals surface area contributed by atoms with Crippen molar-refractivity contribution in [1.29, 1.82) is 0 Å². The predicted molar refractivity (Wildman–Crippen MR) is 297 cm³/mol. The third kappa shape index (κ3) is 63.4. The minimum absolute atomic E-state index is 0.0768. The van der Waals surface area contributed by atoms with E-state index in [0.29, 0.717) is 13.2 Å². The van der Waals surface area contributed by atoms with Crippen LogP contribution in [-0.2, 0) is 38.1 Å². The van der Waals surface area contributed by atoms with Gasteiger partial charge in [0.15, 0.2) is 0 Å². The van der Waals surface area contributed by atoms with Crippen LogP contribution in [0.25, 0.3) is 0 Å². The first-order valence-corrected chi connectivity index (χ1v) is 30.3. The van der Waals surface area contributed by atoms with Crippen molar-refractivity contribution < 1.29 is 38.1 Å². The Morgan fingerprint density at radius 3 is 0.686 bits per heavy atom. The molecular weight excluding hydrogens is 873 g/mol. The SMILES string of the molecule is CCCCCCCCCCCC/C=C/COC(=O)CCC(=O)OC/C=C/CCCCCCCCCCCC.CCCCCCCCCCCCOC(=O)CCC(=O)OCCCCCCCCCCCC. The summed E-state index contributed by atoms with van der Waals surface area (Å²) in [6.45, 7) is 10.5. The van der Waals surface area contributed by atoms with Crippen LogP contribution in [0.4, 0.5) is 0 Å². The molecule has 0 saturated carbocycles. The average molecular weight is 990 g/mol. The first-order valence-electron chi connectivity index (χ1n) is 30.3. The summed E-state index contributed by atoms with van der Waals surface area (Å²) in [6, 6.07) is 0. The lowest BCUT2D eigenvalue weighted by molar-refractivity contribution is -0.150. The van der Waals surface area contributed by atoms with Crippen LogP contribution in [0, 0.1) is 0 Å². The molecule has 0 N–H and O–H groups in total. The molecule has 412 valence electrons. The van der Waals surface area contributed by atoms with Gasteiger partial charge in [0, 0.05) is 0 Å². The highest BCUT2D eigenvalue weighted by Crippen LogP contribution is 2.15. The molecule has 0 aromatic carbocycles. The summed E-state index contributed by atoms with van der Waals surface area (Å²) in [5.74, 6) is -1.25. The second-order valence-electron chi connectivity index (χ2n) is 20.1. The van der Waals surface area contributed by atoms with Gasteiger partial charge in [0.2, 0.25) is 0 Å². The summed E-state index contributed by atoms with van der Waals surface area (Å²) >= 11 is 0. The Kier molecular flexibility index (Phi) is 62.0. The molecule has 0 rings (SSSR count). The lowest BCUT2D eigenvalue weighted by Gasteiger charge is -2.06. The zero-order valence-corrected chi connectivity index (χ0v) is 46.9. The van der Waals surface area contributed by atoms with E-state index in [-0.39, 0.29) is 62.8 Å². The molecule has 0 bridgehead atoms. The Morgan fingerprint density at radius 1 is 0.243 bits per heavy atom. The molecule has 0 atom stereocenters. The summed E-state index contributed by atoms with van der Waals surface area (Å²) < 4.78 is 20.8. The van der Waals surface area contributed by atoms with Crippen molar-refractivity contribution in [2.45, 2.75) is 323 Å². The number of carbonyl (C=O) groups is 4. The lowest BCUT2D eigenvalue weighted by Crippen LogP contribution is -2.11. The highest BCUT2D eigenvalue weighted by molar-refractivity contribution is 5.78. The fourth-order valence-corrected chi connectivity index (χ4v) is 8.40. The number of esters is 4. The third-order valence-electron chi connectivity index (χ3n) is 13.1. The maximum atomic E-state index is 11.8. The van der Waals surface area contributed by atoms with Crippen molar-refractivity contribution in [2.75, 3.05) is 26.4 Å². The number of hydrogen-bond donors (Lipinski definition) is 0. The standard InChI is InChI=1S/C34H62O4.C28H54O4/c1-3-5-7-9-11-13-15-17-19-21-23-25-27-31-37-33(35)29-30-34(36)38-32-28-26-24-22-20-18-16-14-12-10-8-6-4-2;1-3-5-7-9-11-13-15-17-19-21-25-31-27(29)23-24-28(30)32-26-22-20-18-16-14-12-10-8-6-4-2/h25-28H,3-24,29-32H2,1-2H3;3-26H2,1-2H3/b27-25+,28-26+;. The van der Waals surface area contributed by atoms with Crippen LogP contribution in [0.15, 0.2) is 24.3 Å². The number of rotatable bonds is 54. The summed E-state index contributed by atoms with van der Waals surface area (Å²) in [4.78, 5) is 47.1. The van der Waals surface area contributed by atoms with Crippen LogP contribution < -0.4 is 0 Å². The van der Waals surface area contributed by atoms with E-state index in [0.717, 1.165) is 38.5 Å². The first-order chi connectivity index (χ1) is 34.4. The molecule has 8 nitrogen and oxygen atoms in total. The second kappa shape index (κ2) is 62.5. The smallest absolute Gasteiger partial charge is 0.306 e. The van der Waals surface area contributed by atoms with Crippen LogP contribution in [0.2, 0.25) is 0 Å². The Bertz CT molecular complexity index is 1060. The maximum absolute atomic E-state index is 11.8. The molecule has 0 aliphatic carbocycles. The van der Waals surface area contributed by atoms with Crippen LogP contribution in [0.3, 0.4) is 0 Å². The number of allylic oxidation sites excluding steroid dienone is 2. The van der Waals surface area contributed by atoms with E-state index < -0.39 is 0 Å². The van der Waals surface area contributed by atoms with Gasteiger partial charge >= 0.3 is 23.9 Å². The van der Waals surface area contributed by atoms with Gasteiger partial charge in [-0.05, 0) is 38.5 Å². The Morgan fingerprint density at radius 2 is 0.443 bits per heavy atom. The Labute approximate surface area is 434 Å². The van der Waals surface area contributed by atoms with Gasteiger partial charge in [-0.15, -0.1) is 0 Å². The van der Waals surface area contributed by atoms with Gasteiger partial charge in [-0.2, -0.15) is 0 Å². The number of ether oxygens (including phenoxy) is 4. The monoisotopic (exact) mass is 989 g/mol. The maximum Gasteiger partial charge on any atom is 0.306 e. The zero-order valence-electron chi connectivity index (χ0n) is 46.9. The van der Waals surface area contributed by atoms with E-state index in [1.807, 2.05) is 12.2 Å². The van der Waals surface area contributed by atoms with Gasteiger partial charge in [-0.3, -0.25) is 19.2 Å². The summed E-state index contributed by atoms with van der Waals surface area (Å²) in [5, 5.41) is 0. The van der Waals surface area contributed by atoms with Crippen LogP contribution in [0.5, 0.6) is 0 Å². The highest BCUT2D eigenvalue weighted by atomic mass is 16.5. The number of hydrogen-bond acceptors (Lipinski definition) is 8. The molecule has 0 heterocycles. The molecular formula is C62H116O8. The minimum atomic E-state index is -0.345. The van der Waals surface area contributed by atoms with Crippen LogP contribution >= 0.6 is 0 Å². The van der Waals surface area contributed by atoms with Gasteiger partial charge in [-0.25, -0.2) is 0 Å². The van der Waals surface area contributed by atoms with Gasteiger partial charge in [0.1, 0.15) is 13.2 Å². The Hall–Kier alpha value is -2.64. The van der Waals surface area contributed by atoms with E-state index >= 15 is 0 Å². The van der Waals surface area contributed by atoms with Crippen molar-refractivity contribution in [3.8, 4) is 0 Å². The van der Waals surface area contributed by atoms with E-state index in [2.05, 4.69) is 39.8 Å². The summed E-state index contributed by atoms with van der Waals surface area (Å²) in [5.41, 5.74) is 0. The summed E-state index contributed by atoms with van der Waals surface area (Å²) in [6.07, 6.45) is 62.5. The fraction of sp³-hybridized carbons (Fsp3) is 0.871. The largest absolute Gasteiger partial charge is 0.466 e. The first kappa shape index (κ1) is 69.4. The molecule has 0 spiro atoms. The van der Waals surface area contributed by atoms with E-state index in [4.69, 9.17) is 18.9 Å². The Balaban J connectivity index is 0. The predicted octanol–water partition coefficient (Wildman–Crippen LogP) is 19.3. The van der Waals surface area contributed by atoms with Crippen LogP contribution in [0.1, 0.15) is 323 Å². The topological polar surface area (TPSA) is 105 Å². The quantitative estimate of drug-likeness (QED) is 0.0257. The van der Waals surface area contributed by atoms with Crippen molar-refractivity contribution in [3.63, 3.8) is 0 Å². The summed E-state index contributed by atoms with van der Waals surface area (Å²) in [7, 11) is 0. The number of unbranched alkanes of at least 4 members (excludes halogenated alkanes) is 38. The van der Waals surface area contributed by atoms with Gasteiger partial charge < -0.3 is 18.9 Å². The molecule has 0 amide bonds. The molecule has 0 saturated heterocycles. The molecule has 0 aromatic rings. The van der Waals surface area contributed by atoms with Crippen molar-refractivity contribution in [2.24, 2.45) is 0 Å². The lowest BCUT2D eigenvalue weighted by atomic mass is 10.1. The molecule has 70 heavy (non-hydrogen) atoms. The van der Waals surface area contributed by atoms with E-state index in [1.165, 1.54) is 231 Å². The van der Waals surface area contributed by atoms with Crippen molar-refractivity contribution in [1.82, 2.24) is 0 Å². The average Bonchev–Trinajstić information content (AvgIpc) is 3.36. The minimum Gasteiger partial charge on any atom is -0.466 e. The molecule has 0 unspecified atom stereocenters. The number of carbonyl (C=O) groups excluding carboxylic acids is 4. The normalized spacial score (nSPS) is 11.3. The molecule has 0 aliphatic heterocycles. The molecule has 0 aromatic heterocycles. The molecule has 0 aliphatic rings. The van der Waals surface area contributed by atoms with Gasteiger partial charge in [-0.1, -0.05) is 283 Å². The zero-order chi connectivity index (χ0) is 51.3. The van der Waals surface area contributed by atoms with Crippen LogP contribution in [-0.4, -0.2) is 50.3 Å². The molecule has 0 fully saturated rings. The second-order valence-corrected chi connectivity index (χ2v) is 20.1. The van der Waals surface area contributed by atoms with E-state index in [1.54, 1.807) is 0 Å². The fourth-order valence-electron chi connectivity index (χ4n) is 8.40. The molecule has 0 radical (unpaired) electrons. The van der Waals surface area contributed by atoms with E-state index in [9.17, 15) is 19.2 Å². The van der Waals surface area contributed by atoms with Gasteiger partial charge in [0.05, 0.1) is 38.9 Å². The van der Waals surface area contributed by atoms with Crippen molar-refractivity contribution >= 4 is 23.9 Å². The molecule has 8 heteroatoms. The third-order valence-corrected chi connectivity index (χ3v) is 13.1. The van der Waals surface area contributed by atoms with Crippen molar-refractivity contribution in [3.05, 3.63) is 24.3 Å².